The molecule has 3 rings (SSSR count). The zero-order valence-corrected chi connectivity index (χ0v) is 13.9. The van der Waals surface area contributed by atoms with Crippen molar-refractivity contribution in [2.24, 2.45) is 5.92 Å². The number of rotatable bonds is 4. The fourth-order valence-electron chi connectivity index (χ4n) is 2.99. The number of amides is 1. The molecule has 2 aromatic heterocycles. The number of H-pyrrole nitrogens is 1. The predicted octanol–water partition coefficient (Wildman–Crippen LogP) is 3.08. The summed E-state index contributed by atoms with van der Waals surface area (Å²) in [6.45, 7) is 5.84. The number of hydrogen-bond donors (Lipinski definition) is 1. The molecule has 1 aliphatic heterocycles. The van der Waals surface area contributed by atoms with E-state index in [4.69, 9.17) is 0 Å². The van der Waals surface area contributed by atoms with E-state index in [1.165, 1.54) is 11.3 Å². The van der Waals surface area contributed by atoms with Gasteiger partial charge in [0, 0.05) is 31.9 Å². The normalized spacial score (nSPS) is 16.4. The number of imidazole rings is 1. The molecule has 2 aromatic rings. The van der Waals surface area contributed by atoms with Crippen LogP contribution >= 0.6 is 11.3 Å². The van der Waals surface area contributed by atoms with E-state index in [0.717, 1.165) is 48.7 Å². The smallest absolute Gasteiger partial charge is 0.265 e. The Labute approximate surface area is 134 Å². The molecule has 1 N–H and O–H groups in total. The number of aromatic nitrogens is 3. The van der Waals surface area contributed by atoms with E-state index in [0.29, 0.717) is 11.8 Å². The maximum absolute atomic E-state index is 12.7. The van der Waals surface area contributed by atoms with Crippen LogP contribution in [0.15, 0.2) is 17.9 Å². The van der Waals surface area contributed by atoms with Crippen LogP contribution in [-0.4, -0.2) is 38.8 Å². The van der Waals surface area contributed by atoms with Crippen LogP contribution in [0.5, 0.6) is 0 Å². The zero-order chi connectivity index (χ0) is 15.5. The van der Waals surface area contributed by atoms with Gasteiger partial charge in [-0.25, -0.2) is 9.97 Å². The Balaban J connectivity index is 1.59. The van der Waals surface area contributed by atoms with Crippen molar-refractivity contribution in [3.63, 3.8) is 0 Å². The minimum atomic E-state index is 0.155. The minimum absolute atomic E-state index is 0.155. The fourth-order valence-corrected chi connectivity index (χ4v) is 3.90. The lowest BCUT2D eigenvalue weighted by atomic mass is 9.93. The van der Waals surface area contributed by atoms with Gasteiger partial charge in [-0.3, -0.25) is 4.79 Å². The predicted molar refractivity (Wildman–Crippen MR) is 87.1 cm³/mol. The van der Waals surface area contributed by atoms with Crippen molar-refractivity contribution in [1.82, 2.24) is 19.9 Å². The number of likely N-dealkylation sites (tertiary alicyclic amines) is 1. The van der Waals surface area contributed by atoms with Crippen LogP contribution in [0.2, 0.25) is 0 Å². The molecule has 0 spiro atoms. The Morgan fingerprint density at radius 3 is 2.82 bits per heavy atom. The summed E-state index contributed by atoms with van der Waals surface area (Å²) >= 11 is 1.47. The van der Waals surface area contributed by atoms with Crippen LogP contribution in [0, 0.1) is 5.92 Å². The molecule has 1 fully saturated rings. The third-order valence-electron chi connectivity index (χ3n) is 4.27. The van der Waals surface area contributed by atoms with Crippen molar-refractivity contribution < 1.29 is 4.79 Å². The average molecular weight is 318 g/mol. The molecule has 1 amide bonds. The Morgan fingerprint density at radius 2 is 2.18 bits per heavy atom. The van der Waals surface area contributed by atoms with Gasteiger partial charge in [0.05, 0.1) is 11.2 Å². The third kappa shape index (κ3) is 3.21. The van der Waals surface area contributed by atoms with Crippen LogP contribution in [0.3, 0.4) is 0 Å². The summed E-state index contributed by atoms with van der Waals surface area (Å²) in [5.74, 6) is 2.11. The molecule has 0 bridgehead atoms. The van der Waals surface area contributed by atoms with E-state index in [-0.39, 0.29) is 5.91 Å². The van der Waals surface area contributed by atoms with Gasteiger partial charge in [0.15, 0.2) is 0 Å². The summed E-state index contributed by atoms with van der Waals surface area (Å²) in [5, 5.41) is 0. The molecule has 0 atom stereocenters. The van der Waals surface area contributed by atoms with Gasteiger partial charge in [-0.2, -0.15) is 0 Å². The Morgan fingerprint density at radius 1 is 1.41 bits per heavy atom. The van der Waals surface area contributed by atoms with Crippen LogP contribution < -0.4 is 0 Å². The van der Waals surface area contributed by atoms with Gasteiger partial charge in [-0.05, 0) is 24.7 Å². The SMILES string of the molecule is CC(C)c1ncsc1C(=O)N1CCC(Cc2ncc[nH]2)CC1. The first kappa shape index (κ1) is 15.2. The molecule has 0 aliphatic carbocycles. The summed E-state index contributed by atoms with van der Waals surface area (Å²) in [4.78, 5) is 27.3. The number of aromatic amines is 1. The van der Waals surface area contributed by atoms with E-state index < -0.39 is 0 Å². The second-order valence-corrected chi connectivity index (χ2v) is 7.05. The first-order valence-electron chi connectivity index (χ1n) is 7.86. The number of piperidine rings is 1. The second kappa shape index (κ2) is 6.60. The van der Waals surface area contributed by atoms with Crippen molar-refractivity contribution in [3.8, 4) is 0 Å². The quantitative estimate of drug-likeness (QED) is 0.942. The monoisotopic (exact) mass is 318 g/mol. The van der Waals surface area contributed by atoms with Gasteiger partial charge in [0.2, 0.25) is 0 Å². The molecule has 5 nitrogen and oxygen atoms in total. The highest BCUT2D eigenvalue weighted by atomic mass is 32.1. The maximum atomic E-state index is 12.7. The number of carbonyl (C=O) groups is 1. The van der Waals surface area contributed by atoms with Crippen LogP contribution in [0.4, 0.5) is 0 Å². The molecule has 0 radical (unpaired) electrons. The van der Waals surface area contributed by atoms with Gasteiger partial charge in [0.1, 0.15) is 10.7 Å². The number of nitrogens with zero attached hydrogens (tertiary/aromatic N) is 3. The van der Waals surface area contributed by atoms with E-state index >= 15 is 0 Å². The molecule has 6 heteroatoms. The molecular formula is C16H22N4OS. The van der Waals surface area contributed by atoms with Gasteiger partial charge >= 0.3 is 0 Å². The van der Waals surface area contributed by atoms with Crippen LogP contribution in [0.1, 0.15) is 53.8 Å². The molecule has 0 aromatic carbocycles. The van der Waals surface area contributed by atoms with Crippen molar-refractivity contribution in [1.29, 1.82) is 0 Å². The molecule has 1 aliphatic rings. The third-order valence-corrected chi connectivity index (χ3v) is 5.11. The van der Waals surface area contributed by atoms with E-state index in [1.54, 1.807) is 11.7 Å². The summed E-state index contributed by atoms with van der Waals surface area (Å²) in [6.07, 6.45) is 6.73. The standard InChI is InChI=1S/C16H22N4OS/c1-11(2)14-15(22-10-19-14)16(21)20-7-3-12(4-8-20)9-13-17-5-6-18-13/h5-6,10-12H,3-4,7-9H2,1-2H3,(H,17,18). The van der Waals surface area contributed by atoms with Gasteiger partial charge in [-0.15, -0.1) is 11.3 Å². The Hall–Kier alpha value is -1.69. The summed E-state index contributed by atoms with van der Waals surface area (Å²) in [5.41, 5.74) is 2.72. The van der Waals surface area contributed by atoms with Crippen LogP contribution in [0.25, 0.3) is 0 Å². The lowest BCUT2D eigenvalue weighted by Gasteiger charge is -2.31. The van der Waals surface area contributed by atoms with Crippen LogP contribution in [-0.2, 0) is 6.42 Å². The topological polar surface area (TPSA) is 61.9 Å². The lowest BCUT2D eigenvalue weighted by Crippen LogP contribution is -2.39. The molecule has 0 unspecified atom stereocenters. The lowest BCUT2D eigenvalue weighted by molar-refractivity contribution is 0.0693. The number of carbonyl (C=O) groups excluding carboxylic acids is 1. The molecule has 0 saturated carbocycles. The van der Waals surface area contributed by atoms with Crippen molar-refractivity contribution in [2.45, 2.75) is 39.0 Å². The highest BCUT2D eigenvalue weighted by molar-refractivity contribution is 7.11. The minimum Gasteiger partial charge on any atom is -0.349 e. The Bertz CT molecular complexity index is 612. The number of hydrogen-bond acceptors (Lipinski definition) is 4. The van der Waals surface area contributed by atoms with Crippen molar-refractivity contribution in [2.75, 3.05) is 13.1 Å². The van der Waals surface area contributed by atoms with E-state index in [1.807, 2.05) is 11.1 Å². The number of nitrogens with one attached hydrogen (secondary N) is 1. The highest BCUT2D eigenvalue weighted by Crippen LogP contribution is 2.26. The van der Waals surface area contributed by atoms with E-state index in [9.17, 15) is 4.79 Å². The zero-order valence-electron chi connectivity index (χ0n) is 13.1. The largest absolute Gasteiger partial charge is 0.349 e. The maximum Gasteiger partial charge on any atom is 0.265 e. The second-order valence-electron chi connectivity index (χ2n) is 6.20. The molecule has 118 valence electrons. The van der Waals surface area contributed by atoms with E-state index in [2.05, 4.69) is 28.8 Å². The summed E-state index contributed by atoms with van der Waals surface area (Å²) < 4.78 is 0. The first-order valence-corrected chi connectivity index (χ1v) is 8.74. The van der Waals surface area contributed by atoms with Crippen molar-refractivity contribution >= 4 is 17.2 Å². The van der Waals surface area contributed by atoms with Crippen molar-refractivity contribution in [3.05, 3.63) is 34.3 Å². The molecular weight excluding hydrogens is 296 g/mol. The molecule has 3 heterocycles. The molecule has 1 saturated heterocycles. The Kier molecular flexibility index (Phi) is 4.57. The van der Waals surface area contributed by atoms with Gasteiger partial charge < -0.3 is 9.88 Å². The van der Waals surface area contributed by atoms with Gasteiger partial charge in [0.25, 0.3) is 5.91 Å². The fraction of sp³-hybridized carbons (Fsp3) is 0.562. The average Bonchev–Trinajstić information content (AvgIpc) is 3.18. The molecule has 22 heavy (non-hydrogen) atoms. The summed E-state index contributed by atoms with van der Waals surface area (Å²) in [6, 6.07) is 0. The first-order chi connectivity index (χ1) is 10.6. The summed E-state index contributed by atoms with van der Waals surface area (Å²) in [7, 11) is 0. The number of thiazole rings is 1. The highest BCUT2D eigenvalue weighted by Gasteiger charge is 2.27. The van der Waals surface area contributed by atoms with Gasteiger partial charge in [-0.1, -0.05) is 13.8 Å².